The number of benzene rings is 1. The SMILES string of the molecule is CN1CCN(c2ncc(NC(=O)c3cccc(C(F)(F)F)c3)cn2)CC1. The Hall–Kier alpha value is -2.68. The molecular formula is C17H18F3N5O. The molecule has 0 unspecified atom stereocenters. The van der Waals surface area contributed by atoms with E-state index in [0.29, 0.717) is 11.6 Å². The first-order chi connectivity index (χ1) is 12.3. The van der Waals surface area contributed by atoms with Crippen molar-refractivity contribution in [2.24, 2.45) is 0 Å². The maximum absolute atomic E-state index is 12.7. The zero-order valence-corrected chi connectivity index (χ0v) is 14.1. The number of amides is 1. The van der Waals surface area contributed by atoms with Gasteiger partial charge in [-0.3, -0.25) is 4.79 Å². The normalized spacial score (nSPS) is 15.8. The van der Waals surface area contributed by atoms with Crippen molar-refractivity contribution in [2.45, 2.75) is 6.18 Å². The van der Waals surface area contributed by atoms with Gasteiger partial charge in [-0.1, -0.05) is 6.07 Å². The van der Waals surface area contributed by atoms with Crippen molar-refractivity contribution < 1.29 is 18.0 Å². The van der Waals surface area contributed by atoms with Crippen LogP contribution in [-0.2, 0) is 6.18 Å². The molecule has 26 heavy (non-hydrogen) atoms. The molecule has 1 amide bonds. The molecule has 6 nitrogen and oxygen atoms in total. The first-order valence-electron chi connectivity index (χ1n) is 8.07. The Labute approximate surface area is 148 Å². The van der Waals surface area contributed by atoms with Gasteiger partial charge in [0.1, 0.15) is 0 Å². The van der Waals surface area contributed by atoms with E-state index < -0.39 is 17.6 Å². The van der Waals surface area contributed by atoms with Gasteiger partial charge in [0.15, 0.2) is 0 Å². The second kappa shape index (κ2) is 7.28. The second-order valence-electron chi connectivity index (χ2n) is 6.09. The molecule has 1 saturated heterocycles. The van der Waals surface area contributed by atoms with Crippen LogP contribution in [0.4, 0.5) is 24.8 Å². The summed E-state index contributed by atoms with van der Waals surface area (Å²) in [5, 5.41) is 2.52. The Morgan fingerprint density at radius 2 is 1.77 bits per heavy atom. The van der Waals surface area contributed by atoms with Gasteiger partial charge in [-0.05, 0) is 25.2 Å². The zero-order valence-electron chi connectivity index (χ0n) is 14.1. The summed E-state index contributed by atoms with van der Waals surface area (Å²) < 4.78 is 38.2. The molecule has 1 fully saturated rings. The largest absolute Gasteiger partial charge is 0.416 e. The van der Waals surface area contributed by atoms with Gasteiger partial charge in [-0.2, -0.15) is 13.2 Å². The van der Waals surface area contributed by atoms with Crippen molar-refractivity contribution in [2.75, 3.05) is 43.4 Å². The van der Waals surface area contributed by atoms with Gasteiger partial charge in [0.05, 0.1) is 23.6 Å². The monoisotopic (exact) mass is 365 g/mol. The van der Waals surface area contributed by atoms with Crippen LogP contribution in [0.25, 0.3) is 0 Å². The highest BCUT2D eigenvalue weighted by Crippen LogP contribution is 2.29. The maximum Gasteiger partial charge on any atom is 0.416 e. The number of hydrogen-bond acceptors (Lipinski definition) is 5. The molecule has 1 aromatic heterocycles. The van der Waals surface area contributed by atoms with Crippen molar-refractivity contribution in [3.8, 4) is 0 Å². The predicted molar refractivity (Wildman–Crippen MR) is 91.1 cm³/mol. The fourth-order valence-electron chi connectivity index (χ4n) is 2.60. The van der Waals surface area contributed by atoms with E-state index in [0.717, 1.165) is 38.3 Å². The fraction of sp³-hybridized carbons (Fsp3) is 0.353. The molecule has 0 spiro atoms. The molecule has 1 aliphatic rings. The lowest BCUT2D eigenvalue weighted by Crippen LogP contribution is -2.45. The number of hydrogen-bond donors (Lipinski definition) is 1. The Balaban J connectivity index is 1.66. The van der Waals surface area contributed by atoms with Crippen LogP contribution >= 0.6 is 0 Å². The number of nitrogens with zero attached hydrogens (tertiary/aromatic N) is 4. The molecule has 0 atom stereocenters. The highest BCUT2D eigenvalue weighted by molar-refractivity contribution is 6.04. The number of halogens is 3. The molecule has 1 aliphatic heterocycles. The van der Waals surface area contributed by atoms with Gasteiger partial charge in [-0.15, -0.1) is 0 Å². The van der Waals surface area contributed by atoms with Gasteiger partial charge in [0.25, 0.3) is 5.91 Å². The van der Waals surface area contributed by atoms with Gasteiger partial charge in [0, 0.05) is 31.7 Å². The van der Waals surface area contributed by atoms with E-state index >= 15 is 0 Å². The summed E-state index contributed by atoms with van der Waals surface area (Å²) in [6.45, 7) is 3.45. The number of anilines is 2. The Morgan fingerprint density at radius 3 is 2.38 bits per heavy atom. The van der Waals surface area contributed by atoms with Crippen LogP contribution in [0.3, 0.4) is 0 Å². The molecule has 0 bridgehead atoms. The molecule has 3 rings (SSSR count). The average Bonchev–Trinajstić information content (AvgIpc) is 2.62. The average molecular weight is 365 g/mol. The van der Waals surface area contributed by atoms with Crippen LogP contribution in [0.2, 0.25) is 0 Å². The minimum Gasteiger partial charge on any atom is -0.338 e. The van der Waals surface area contributed by atoms with E-state index in [2.05, 4.69) is 20.2 Å². The number of nitrogens with one attached hydrogen (secondary N) is 1. The van der Waals surface area contributed by atoms with Crippen molar-refractivity contribution in [1.29, 1.82) is 0 Å². The first-order valence-corrected chi connectivity index (χ1v) is 8.07. The van der Waals surface area contributed by atoms with Crippen LogP contribution in [-0.4, -0.2) is 54.0 Å². The van der Waals surface area contributed by atoms with Gasteiger partial charge in [-0.25, -0.2) is 9.97 Å². The summed E-state index contributed by atoms with van der Waals surface area (Å²) in [6.07, 6.45) is -1.60. The van der Waals surface area contributed by atoms with E-state index in [1.165, 1.54) is 24.5 Å². The van der Waals surface area contributed by atoms with Crippen LogP contribution in [0.5, 0.6) is 0 Å². The van der Waals surface area contributed by atoms with Gasteiger partial charge >= 0.3 is 6.18 Å². The Morgan fingerprint density at radius 1 is 1.12 bits per heavy atom. The van der Waals surface area contributed by atoms with Crippen LogP contribution < -0.4 is 10.2 Å². The van der Waals surface area contributed by atoms with Crippen molar-refractivity contribution in [3.05, 3.63) is 47.8 Å². The van der Waals surface area contributed by atoms with Crippen molar-refractivity contribution >= 4 is 17.5 Å². The van der Waals surface area contributed by atoms with E-state index in [1.807, 2.05) is 11.9 Å². The number of carbonyl (C=O) groups excluding carboxylic acids is 1. The van der Waals surface area contributed by atoms with Crippen LogP contribution in [0, 0.1) is 0 Å². The Kier molecular flexibility index (Phi) is 5.08. The molecule has 0 saturated carbocycles. The third kappa shape index (κ3) is 4.29. The summed E-state index contributed by atoms with van der Waals surface area (Å²) in [7, 11) is 2.05. The van der Waals surface area contributed by atoms with Gasteiger partial charge < -0.3 is 15.1 Å². The van der Waals surface area contributed by atoms with E-state index in [-0.39, 0.29) is 5.56 Å². The Bertz CT molecular complexity index is 771. The number of alkyl halides is 3. The zero-order chi connectivity index (χ0) is 18.7. The summed E-state index contributed by atoms with van der Waals surface area (Å²) in [5.74, 6) is -0.0813. The van der Waals surface area contributed by atoms with Crippen molar-refractivity contribution in [3.63, 3.8) is 0 Å². The van der Waals surface area contributed by atoms with E-state index in [1.54, 1.807) is 0 Å². The summed E-state index contributed by atoms with van der Waals surface area (Å²) in [4.78, 5) is 24.9. The number of likely N-dealkylation sites (N-methyl/N-ethyl adjacent to an activating group) is 1. The molecule has 0 aliphatic carbocycles. The highest BCUT2D eigenvalue weighted by atomic mass is 19.4. The van der Waals surface area contributed by atoms with E-state index in [4.69, 9.17) is 0 Å². The molecule has 1 N–H and O–H groups in total. The summed E-state index contributed by atoms with van der Waals surface area (Å²) in [6, 6.07) is 4.26. The number of piperazine rings is 1. The number of carbonyl (C=O) groups is 1. The molecule has 1 aromatic carbocycles. The van der Waals surface area contributed by atoms with Crippen LogP contribution in [0.1, 0.15) is 15.9 Å². The quantitative estimate of drug-likeness (QED) is 0.906. The lowest BCUT2D eigenvalue weighted by Gasteiger charge is -2.32. The van der Waals surface area contributed by atoms with Gasteiger partial charge in [0.2, 0.25) is 5.95 Å². The molecular weight excluding hydrogens is 347 g/mol. The molecule has 138 valence electrons. The summed E-state index contributed by atoms with van der Waals surface area (Å²) in [5.41, 5.74) is -0.625. The molecule has 0 radical (unpaired) electrons. The number of aromatic nitrogens is 2. The minimum absolute atomic E-state index is 0.0806. The smallest absolute Gasteiger partial charge is 0.338 e. The first kappa shape index (κ1) is 18.1. The fourth-order valence-corrected chi connectivity index (χ4v) is 2.60. The third-order valence-corrected chi connectivity index (χ3v) is 4.13. The maximum atomic E-state index is 12.7. The molecule has 2 aromatic rings. The molecule has 2 heterocycles. The number of rotatable bonds is 3. The lowest BCUT2D eigenvalue weighted by atomic mass is 10.1. The lowest BCUT2D eigenvalue weighted by molar-refractivity contribution is -0.137. The van der Waals surface area contributed by atoms with Crippen molar-refractivity contribution in [1.82, 2.24) is 14.9 Å². The third-order valence-electron chi connectivity index (χ3n) is 4.13. The topological polar surface area (TPSA) is 61.4 Å². The molecule has 9 heteroatoms. The second-order valence-corrected chi connectivity index (χ2v) is 6.09. The van der Waals surface area contributed by atoms with Crippen LogP contribution in [0.15, 0.2) is 36.7 Å². The summed E-state index contributed by atoms with van der Waals surface area (Å²) >= 11 is 0. The minimum atomic E-state index is -4.50. The predicted octanol–water partition coefficient (Wildman–Crippen LogP) is 2.50. The highest BCUT2D eigenvalue weighted by Gasteiger charge is 2.30. The standard InChI is InChI=1S/C17H18F3N5O/c1-24-5-7-25(8-6-24)16-21-10-14(11-22-16)23-15(26)12-3-2-4-13(9-12)17(18,19)20/h2-4,9-11H,5-8H2,1H3,(H,23,26). The van der Waals surface area contributed by atoms with E-state index in [9.17, 15) is 18.0 Å².